The van der Waals surface area contributed by atoms with Gasteiger partial charge in [0.05, 0.1) is 47.9 Å². The van der Waals surface area contributed by atoms with Crippen LogP contribution in [0.4, 0.5) is 19.1 Å². The van der Waals surface area contributed by atoms with E-state index in [4.69, 9.17) is 19.8 Å². The number of nitrogens with zero attached hydrogens (tertiary/aromatic N) is 8. The summed E-state index contributed by atoms with van der Waals surface area (Å²) in [4.78, 5) is 64.0. The van der Waals surface area contributed by atoms with Gasteiger partial charge in [0.25, 0.3) is 5.91 Å². The maximum Gasteiger partial charge on any atom is 0.329 e. The number of ether oxygens (including phenoxy) is 1. The Morgan fingerprint density at radius 1 is 0.939 bits per heavy atom. The second-order valence-electron chi connectivity index (χ2n) is 18.2. The number of hydrogen-bond acceptors (Lipinski definition) is 11. The first-order chi connectivity index (χ1) is 31.8. The molecule has 19 heteroatoms. The Morgan fingerprint density at radius 2 is 1.73 bits per heavy atom. The lowest BCUT2D eigenvalue weighted by Gasteiger charge is -2.53. The summed E-state index contributed by atoms with van der Waals surface area (Å²) in [6.07, 6.45) is 11.1. The highest BCUT2D eigenvalue weighted by atomic mass is 19.2. The van der Waals surface area contributed by atoms with Gasteiger partial charge in [-0.2, -0.15) is 9.49 Å². The number of morpholine rings is 1. The number of fused-ring (bicyclic) bond motifs is 2. The van der Waals surface area contributed by atoms with Crippen molar-refractivity contribution in [3.63, 3.8) is 0 Å². The average Bonchev–Trinajstić information content (AvgIpc) is 3.85. The lowest BCUT2D eigenvalue weighted by Crippen LogP contribution is -2.70. The predicted octanol–water partition coefficient (Wildman–Crippen LogP) is 4.93. The fraction of sp³-hybridized carbons (Fsp3) is 0.426. The third-order valence-corrected chi connectivity index (χ3v) is 13.8. The molecule has 1 unspecified atom stereocenters. The SMILES string of the molecule is Cn1c(=O)n(C2CCC(=O)NC2=O)c2ccc(CCCN3CCOC4(C3)CN(c3ncc(-c5ccc6cn([C@H]7CC[C@H](CNC(=O)c8cc(F)c(O)c(F)c8F)CC7)nc6c5)cn3)C4)cc21. The maximum absolute atomic E-state index is 14.2. The second-order valence-corrected chi connectivity index (χ2v) is 18.2. The van der Waals surface area contributed by atoms with Crippen molar-refractivity contribution in [3.05, 3.63) is 100 Å². The minimum atomic E-state index is -1.79. The third kappa shape index (κ3) is 8.18. The van der Waals surface area contributed by atoms with Crippen molar-refractivity contribution >= 4 is 45.6 Å². The lowest BCUT2D eigenvalue weighted by molar-refractivity contribution is -0.135. The standard InChI is InChI=1S/C47H49F3N10O6/c1-56-38-17-27(6-11-36(38)60(46(56)65)37-12-13-39(61)54-44(37)64)3-2-14-57-15-16-66-47(24-57)25-58(26-47)45-52-21-31(22-53-45)29-7-8-30-23-59(55-35(30)18-29)32-9-4-28(5-10-32)20-51-43(63)33-19-34(48)42(62)41(50)40(33)49/h6-8,11,17-19,21-23,28,32,37,62H,2-5,9-10,12-16,20,24-26H2,1H3,(H,51,63)(H,54,61,64)/t28-,32-,37?. The van der Waals surface area contributed by atoms with Crippen LogP contribution in [0.5, 0.6) is 5.75 Å². The second kappa shape index (κ2) is 17.3. The first-order valence-corrected chi connectivity index (χ1v) is 22.4. The van der Waals surface area contributed by atoms with Crippen LogP contribution in [0.1, 0.15) is 73.0 Å². The van der Waals surface area contributed by atoms with Crippen LogP contribution in [0.3, 0.4) is 0 Å². The first-order valence-electron chi connectivity index (χ1n) is 22.4. The van der Waals surface area contributed by atoms with Gasteiger partial charge in [0, 0.05) is 62.6 Å². The molecule has 6 aromatic rings. The molecule has 16 nitrogen and oxygen atoms in total. The van der Waals surface area contributed by atoms with Crippen LogP contribution in [0, 0.1) is 23.4 Å². The number of rotatable bonds is 11. The summed E-state index contributed by atoms with van der Waals surface area (Å²) in [5.74, 6) is -7.16. The fourth-order valence-electron chi connectivity index (χ4n) is 10.1. The van der Waals surface area contributed by atoms with Gasteiger partial charge in [-0.1, -0.05) is 18.2 Å². The smallest absolute Gasteiger partial charge is 0.329 e. The van der Waals surface area contributed by atoms with Crippen molar-refractivity contribution in [2.45, 2.75) is 69.1 Å². The van der Waals surface area contributed by atoms with Gasteiger partial charge in [0.15, 0.2) is 17.4 Å². The summed E-state index contributed by atoms with van der Waals surface area (Å²) in [7, 11) is 1.71. The molecule has 10 rings (SSSR count). The number of carbonyl (C=O) groups excluding carboxylic acids is 3. The zero-order valence-corrected chi connectivity index (χ0v) is 36.3. The molecule has 4 aliphatic rings. The fourth-order valence-corrected chi connectivity index (χ4v) is 10.1. The summed E-state index contributed by atoms with van der Waals surface area (Å²) < 4.78 is 53.1. The Hall–Kier alpha value is -6.60. The number of hydrogen-bond donors (Lipinski definition) is 3. The van der Waals surface area contributed by atoms with Crippen LogP contribution < -0.4 is 21.2 Å². The van der Waals surface area contributed by atoms with Crippen molar-refractivity contribution < 1.29 is 37.4 Å². The topological polar surface area (TPSA) is 182 Å². The summed E-state index contributed by atoms with van der Waals surface area (Å²) in [6, 6.07) is 12.0. The first kappa shape index (κ1) is 43.3. The van der Waals surface area contributed by atoms with Gasteiger partial charge in [-0.15, -0.1) is 0 Å². The highest BCUT2D eigenvalue weighted by Crippen LogP contribution is 2.35. The van der Waals surface area contributed by atoms with Crippen LogP contribution in [0.2, 0.25) is 0 Å². The van der Waals surface area contributed by atoms with Gasteiger partial charge < -0.3 is 20.1 Å². The van der Waals surface area contributed by atoms with Gasteiger partial charge in [-0.3, -0.25) is 38.4 Å². The van der Waals surface area contributed by atoms with Crippen molar-refractivity contribution in [2.75, 3.05) is 50.8 Å². The Kier molecular flexibility index (Phi) is 11.4. The molecule has 3 aliphatic heterocycles. The van der Waals surface area contributed by atoms with E-state index in [-0.39, 0.29) is 42.1 Å². The summed E-state index contributed by atoms with van der Waals surface area (Å²) in [5.41, 5.74) is 3.89. The molecule has 0 radical (unpaired) electrons. The molecule has 1 aliphatic carbocycles. The Bertz CT molecular complexity index is 2940. The Balaban J connectivity index is 0.694. The van der Waals surface area contributed by atoms with Crippen LogP contribution in [0.15, 0.2) is 65.8 Å². The Labute approximate surface area is 376 Å². The molecule has 3 saturated heterocycles. The molecule has 1 atom stereocenters. The molecule has 1 spiro atoms. The van der Waals surface area contributed by atoms with E-state index in [1.807, 2.05) is 59.7 Å². The minimum absolute atomic E-state index is 0.106. The molecular formula is C47H49F3N10O6. The van der Waals surface area contributed by atoms with Crippen LogP contribution >= 0.6 is 0 Å². The number of carbonyl (C=O) groups is 3. The van der Waals surface area contributed by atoms with Crippen LogP contribution in [-0.2, 0) is 27.8 Å². The molecule has 0 bridgehead atoms. The molecule has 1 saturated carbocycles. The monoisotopic (exact) mass is 906 g/mol. The van der Waals surface area contributed by atoms with Gasteiger partial charge in [0.1, 0.15) is 11.6 Å². The number of phenolic OH excluding ortho intramolecular Hbond substituents is 1. The molecule has 3 amide bonds. The van der Waals surface area contributed by atoms with Gasteiger partial charge in [-0.25, -0.2) is 23.5 Å². The quantitative estimate of drug-likeness (QED) is 0.119. The number of phenols is 1. The zero-order valence-electron chi connectivity index (χ0n) is 36.3. The summed E-state index contributed by atoms with van der Waals surface area (Å²) >= 11 is 0. The molecule has 3 aromatic carbocycles. The molecule has 344 valence electrons. The number of aryl methyl sites for hydroxylation is 2. The summed E-state index contributed by atoms with van der Waals surface area (Å²) in [5, 5.41) is 20.1. The Morgan fingerprint density at radius 3 is 2.50 bits per heavy atom. The highest BCUT2D eigenvalue weighted by Gasteiger charge is 2.48. The van der Waals surface area contributed by atoms with E-state index in [1.165, 1.54) is 4.57 Å². The molecule has 4 fully saturated rings. The van der Waals surface area contributed by atoms with Gasteiger partial charge >= 0.3 is 5.69 Å². The van der Waals surface area contributed by atoms with E-state index in [0.29, 0.717) is 43.6 Å². The number of aromatic hydroxyl groups is 1. The molecule has 66 heavy (non-hydrogen) atoms. The number of benzene rings is 3. The normalized spacial score (nSPS) is 21.1. The molecular weight excluding hydrogens is 858 g/mol. The van der Waals surface area contributed by atoms with Gasteiger partial charge in [0.2, 0.25) is 23.6 Å². The average molecular weight is 907 g/mol. The van der Waals surface area contributed by atoms with Crippen LogP contribution in [-0.4, -0.2) is 108 Å². The number of halogens is 3. The van der Waals surface area contributed by atoms with Gasteiger partial charge in [-0.05, 0) is 92.8 Å². The molecule has 6 heterocycles. The maximum atomic E-state index is 14.2. The van der Waals surface area contributed by atoms with Crippen molar-refractivity contribution in [1.82, 2.24) is 44.4 Å². The van der Waals surface area contributed by atoms with E-state index in [1.54, 1.807) is 11.6 Å². The number of imidazole rings is 1. The highest BCUT2D eigenvalue weighted by molar-refractivity contribution is 6.00. The van der Waals surface area contributed by atoms with Crippen LogP contribution in [0.25, 0.3) is 33.1 Å². The van der Waals surface area contributed by atoms with E-state index in [9.17, 15) is 37.5 Å². The van der Waals surface area contributed by atoms with E-state index in [0.717, 1.165) is 91.3 Å². The number of aromatic nitrogens is 6. The van der Waals surface area contributed by atoms with E-state index in [2.05, 4.69) is 20.4 Å². The van der Waals surface area contributed by atoms with Crippen molar-refractivity contribution in [1.29, 1.82) is 0 Å². The number of piperidine rings is 1. The largest absolute Gasteiger partial charge is 0.503 e. The lowest BCUT2D eigenvalue weighted by atomic mass is 9.86. The number of imide groups is 1. The number of amides is 3. The summed E-state index contributed by atoms with van der Waals surface area (Å²) in [6.45, 7) is 4.83. The predicted molar refractivity (Wildman–Crippen MR) is 236 cm³/mol. The minimum Gasteiger partial charge on any atom is -0.503 e. The van der Waals surface area contributed by atoms with Crippen molar-refractivity contribution in [3.8, 4) is 16.9 Å². The number of anilines is 1. The third-order valence-electron chi connectivity index (χ3n) is 13.8. The molecule has 3 N–H and O–H groups in total. The molecule has 3 aromatic heterocycles. The van der Waals surface area contributed by atoms with E-state index >= 15 is 0 Å². The van der Waals surface area contributed by atoms with E-state index < -0.39 is 46.6 Å². The number of nitrogens with one attached hydrogen (secondary N) is 2. The van der Waals surface area contributed by atoms with Crippen molar-refractivity contribution in [2.24, 2.45) is 13.0 Å². The zero-order chi connectivity index (χ0) is 45.9.